The van der Waals surface area contributed by atoms with Gasteiger partial charge in [0, 0.05) is 0 Å². The molecule has 1 aromatic carbocycles. The number of rotatable bonds is 3. The molecule has 0 radical (unpaired) electrons. The molecule has 0 unspecified atom stereocenters. The predicted octanol–water partition coefficient (Wildman–Crippen LogP) is 2.69. The summed E-state index contributed by atoms with van der Waals surface area (Å²) in [4.78, 5) is 4.81. The number of hydrogen-bond acceptors (Lipinski definition) is 2. The van der Waals surface area contributed by atoms with E-state index in [0.29, 0.717) is 5.92 Å². The molecule has 0 amide bonds. The average Bonchev–Trinajstić information content (AvgIpc) is 2.15. The third-order valence-electron chi connectivity index (χ3n) is 1.81. The van der Waals surface area contributed by atoms with E-state index in [1.54, 1.807) is 7.11 Å². The van der Waals surface area contributed by atoms with Gasteiger partial charge in [0.1, 0.15) is 7.11 Å². The minimum atomic E-state index is 0.377. The number of nitrogens with zero attached hydrogens (tertiary/aromatic N) is 1. The van der Waals surface area contributed by atoms with Crippen LogP contribution in [0.1, 0.15) is 19.4 Å². The lowest BCUT2D eigenvalue weighted by molar-refractivity contribution is 0.212. The van der Waals surface area contributed by atoms with Crippen LogP contribution in [0.4, 0.5) is 0 Å². The Kier molecular flexibility index (Phi) is 3.50. The first kappa shape index (κ1) is 9.78. The molecule has 0 aliphatic carbocycles. The second-order valence-electron chi connectivity index (χ2n) is 3.18. The van der Waals surface area contributed by atoms with Crippen molar-refractivity contribution in [3.8, 4) is 0 Å². The number of benzene rings is 1. The van der Waals surface area contributed by atoms with E-state index in [9.17, 15) is 0 Å². The second kappa shape index (κ2) is 4.65. The molecule has 1 aromatic rings. The van der Waals surface area contributed by atoms with E-state index >= 15 is 0 Å². The van der Waals surface area contributed by atoms with Crippen molar-refractivity contribution < 1.29 is 4.84 Å². The molecule has 0 saturated heterocycles. The Morgan fingerprint density at radius 2 is 1.85 bits per heavy atom. The molecule has 1 rings (SSSR count). The number of oxime groups is 1. The Bertz CT molecular complexity index is 277. The van der Waals surface area contributed by atoms with Gasteiger partial charge in [-0.3, -0.25) is 0 Å². The standard InChI is InChI=1S/C11H15NO/c1-9(2)11(12-13-3)10-7-5-4-6-8-10/h4-9H,1-3H3/b12-11-. The van der Waals surface area contributed by atoms with Crippen molar-refractivity contribution in [2.75, 3.05) is 7.11 Å². The first-order valence-corrected chi connectivity index (χ1v) is 4.42. The van der Waals surface area contributed by atoms with Crippen molar-refractivity contribution in [3.63, 3.8) is 0 Å². The van der Waals surface area contributed by atoms with E-state index < -0.39 is 0 Å². The van der Waals surface area contributed by atoms with Crippen LogP contribution in [0.5, 0.6) is 0 Å². The van der Waals surface area contributed by atoms with Crippen molar-refractivity contribution in [1.29, 1.82) is 0 Å². The van der Waals surface area contributed by atoms with Gasteiger partial charge in [0.05, 0.1) is 5.71 Å². The van der Waals surface area contributed by atoms with Gasteiger partial charge in [-0.05, 0) is 11.5 Å². The Morgan fingerprint density at radius 3 is 2.31 bits per heavy atom. The van der Waals surface area contributed by atoms with Gasteiger partial charge in [-0.15, -0.1) is 0 Å². The molecule has 0 aliphatic heterocycles. The molecular weight excluding hydrogens is 162 g/mol. The van der Waals surface area contributed by atoms with E-state index in [0.717, 1.165) is 11.3 Å². The molecule has 13 heavy (non-hydrogen) atoms. The van der Waals surface area contributed by atoms with Crippen molar-refractivity contribution in [1.82, 2.24) is 0 Å². The van der Waals surface area contributed by atoms with Crippen molar-refractivity contribution >= 4 is 5.71 Å². The highest BCUT2D eigenvalue weighted by Crippen LogP contribution is 2.09. The van der Waals surface area contributed by atoms with Crippen LogP contribution in [-0.2, 0) is 4.84 Å². The van der Waals surface area contributed by atoms with Crippen LogP contribution in [0.15, 0.2) is 35.5 Å². The van der Waals surface area contributed by atoms with Gasteiger partial charge in [0.15, 0.2) is 0 Å². The Hall–Kier alpha value is -1.31. The first-order chi connectivity index (χ1) is 6.25. The summed E-state index contributed by atoms with van der Waals surface area (Å²) < 4.78 is 0. The highest BCUT2D eigenvalue weighted by atomic mass is 16.6. The van der Waals surface area contributed by atoms with E-state index in [4.69, 9.17) is 4.84 Å². The molecule has 0 N–H and O–H groups in total. The van der Waals surface area contributed by atoms with E-state index in [-0.39, 0.29) is 0 Å². The molecule has 2 nitrogen and oxygen atoms in total. The van der Waals surface area contributed by atoms with Crippen molar-refractivity contribution in [2.24, 2.45) is 11.1 Å². The highest BCUT2D eigenvalue weighted by Gasteiger charge is 2.07. The smallest absolute Gasteiger partial charge is 0.106 e. The molecule has 0 spiro atoms. The SMILES string of the molecule is CO/N=C(\c1ccccc1)C(C)C. The zero-order chi connectivity index (χ0) is 9.68. The summed E-state index contributed by atoms with van der Waals surface area (Å²) in [5.74, 6) is 0.377. The third-order valence-corrected chi connectivity index (χ3v) is 1.81. The molecule has 0 aromatic heterocycles. The molecule has 0 heterocycles. The average molecular weight is 177 g/mol. The molecule has 0 saturated carbocycles. The summed E-state index contributed by atoms with van der Waals surface area (Å²) in [6, 6.07) is 10.1. The zero-order valence-electron chi connectivity index (χ0n) is 8.32. The fraction of sp³-hybridized carbons (Fsp3) is 0.364. The fourth-order valence-electron chi connectivity index (χ4n) is 1.20. The highest BCUT2D eigenvalue weighted by molar-refractivity contribution is 6.01. The van der Waals surface area contributed by atoms with Crippen molar-refractivity contribution in [2.45, 2.75) is 13.8 Å². The van der Waals surface area contributed by atoms with E-state index in [2.05, 4.69) is 19.0 Å². The summed E-state index contributed by atoms with van der Waals surface area (Å²) in [5, 5.41) is 4.01. The minimum absolute atomic E-state index is 0.377. The van der Waals surface area contributed by atoms with Gasteiger partial charge < -0.3 is 4.84 Å². The topological polar surface area (TPSA) is 21.6 Å². The maximum Gasteiger partial charge on any atom is 0.106 e. The molecule has 0 aliphatic rings. The third kappa shape index (κ3) is 2.58. The number of hydrogen-bond donors (Lipinski definition) is 0. The minimum Gasteiger partial charge on any atom is -0.399 e. The Labute approximate surface area is 79.2 Å². The monoisotopic (exact) mass is 177 g/mol. The van der Waals surface area contributed by atoms with Gasteiger partial charge in [-0.25, -0.2) is 0 Å². The predicted molar refractivity (Wildman–Crippen MR) is 54.8 cm³/mol. The first-order valence-electron chi connectivity index (χ1n) is 4.42. The summed E-state index contributed by atoms with van der Waals surface area (Å²) in [6.07, 6.45) is 0. The van der Waals surface area contributed by atoms with Crippen LogP contribution in [0.25, 0.3) is 0 Å². The van der Waals surface area contributed by atoms with E-state index in [1.165, 1.54) is 0 Å². The van der Waals surface area contributed by atoms with Crippen LogP contribution in [-0.4, -0.2) is 12.8 Å². The molecule has 2 heteroatoms. The van der Waals surface area contributed by atoms with Crippen LogP contribution in [0.2, 0.25) is 0 Å². The largest absolute Gasteiger partial charge is 0.399 e. The summed E-state index contributed by atoms with van der Waals surface area (Å²) >= 11 is 0. The molecule has 0 bridgehead atoms. The van der Waals surface area contributed by atoms with Crippen LogP contribution in [0.3, 0.4) is 0 Å². The van der Waals surface area contributed by atoms with Crippen LogP contribution < -0.4 is 0 Å². The van der Waals surface area contributed by atoms with Crippen LogP contribution in [0, 0.1) is 5.92 Å². The summed E-state index contributed by atoms with van der Waals surface area (Å²) in [5.41, 5.74) is 2.11. The maximum absolute atomic E-state index is 4.81. The second-order valence-corrected chi connectivity index (χ2v) is 3.18. The van der Waals surface area contributed by atoms with Gasteiger partial charge >= 0.3 is 0 Å². The van der Waals surface area contributed by atoms with Crippen molar-refractivity contribution in [3.05, 3.63) is 35.9 Å². The molecular formula is C11H15NO. The van der Waals surface area contributed by atoms with Gasteiger partial charge in [-0.2, -0.15) is 0 Å². The lowest BCUT2D eigenvalue weighted by atomic mass is 10.0. The Morgan fingerprint density at radius 1 is 1.23 bits per heavy atom. The lowest BCUT2D eigenvalue weighted by Gasteiger charge is -2.08. The normalized spacial score (nSPS) is 11.8. The Balaban J connectivity index is 2.96. The lowest BCUT2D eigenvalue weighted by Crippen LogP contribution is -2.09. The van der Waals surface area contributed by atoms with Gasteiger partial charge in [-0.1, -0.05) is 49.3 Å². The summed E-state index contributed by atoms with van der Waals surface area (Å²) in [6.45, 7) is 4.20. The molecule has 0 atom stereocenters. The quantitative estimate of drug-likeness (QED) is 0.514. The maximum atomic E-state index is 4.81. The van der Waals surface area contributed by atoms with Crippen LogP contribution >= 0.6 is 0 Å². The molecule has 70 valence electrons. The van der Waals surface area contributed by atoms with Gasteiger partial charge in [0.2, 0.25) is 0 Å². The van der Waals surface area contributed by atoms with Gasteiger partial charge in [0.25, 0.3) is 0 Å². The summed E-state index contributed by atoms with van der Waals surface area (Å²) in [7, 11) is 1.57. The van der Waals surface area contributed by atoms with E-state index in [1.807, 2.05) is 30.3 Å². The fourth-order valence-corrected chi connectivity index (χ4v) is 1.20. The zero-order valence-corrected chi connectivity index (χ0v) is 8.32. The molecule has 0 fully saturated rings.